The zero-order chi connectivity index (χ0) is 16.2. The molecule has 2 atom stereocenters. The maximum absolute atomic E-state index is 13.8. The van der Waals surface area contributed by atoms with Gasteiger partial charge < -0.3 is 10.6 Å². The van der Waals surface area contributed by atoms with E-state index in [9.17, 15) is 4.39 Å². The molecule has 1 aromatic heterocycles. The molecule has 0 aliphatic heterocycles. The number of guanidine groups is 1. The van der Waals surface area contributed by atoms with Crippen LogP contribution in [0.2, 0.25) is 0 Å². The number of thiophene rings is 1. The average molecular weight is 459 g/mol. The predicted octanol–water partition coefficient (Wildman–Crippen LogP) is 4.42. The molecule has 2 unspecified atom stereocenters. The highest BCUT2D eigenvalue weighted by atomic mass is 127. The molecule has 2 aromatic rings. The van der Waals surface area contributed by atoms with E-state index in [0.29, 0.717) is 6.54 Å². The highest BCUT2D eigenvalue weighted by molar-refractivity contribution is 14.0. The van der Waals surface area contributed by atoms with Crippen LogP contribution in [0.15, 0.2) is 40.7 Å². The van der Waals surface area contributed by atoms with Crippen molar-refractivity contribution in [2.45, 2.75) is 38.8 Å². The topological polar surface area (TPSA) is 36.4 Å². The lowest BCUT2D eigenvalue weighted by Crippen LogP contribution is -2.39. The molecule has 3 rings (SSSR count). The summed E-state index contributed by atoms with van der Waals surface area (Å²) in [6.07, 6.45) is 0.948. The third-order valence-corrected chi connectivity index (χ3v) is 5.12. The molecule has 0 spiro atoms. The normalized spacial score (nSPS) is 19.5. The third-order valence-electron chi connectivity index (χ3n) is 4.11. The van der Waals surface area contributed by atoms with Gasteiger partial charge >= 0.3 is 0 Å². The summed E-state index contributed by atoms with van der Waals surface area (Å²) in [5, 5.41) is 8.79. The first-order valence-corrected chi connectivity index (χ1v) is 8.89. The summed E-state index contributed by atoms with van der Waals surface area (Å²) < 4.78 is 13.8. The summed E-state index contributed by atoms with van der Waals surface area (Å²) in [5.41, 5.74) is 2.08. The Kier molecular flexibility index (Phi) is 7.03. The molecule has 1 saturated carbocycles. The molecule has 1 fully saturated rings. The van der Waals surface area contributed by atoms with Gasteiger partial charge in [0.05, 0.1) is 6.54 Å². The van der Waals surface area contributed by atoms with Crippen molar-refractivity contribution in [3.63, 3.8) is 0 Å². The monoisotopic (exact) mass is 459 g/mol. The molecule has 24 heavy (non-hydrogen) atoms. The number of hydrogen-bond donors (Lipinski definition) is 2. The van der Waals surface area contributed by atoms with Gasteiger partial charge in [0.1, 0.15) is 5.82 Å². The van der Waals surface area contributed by atoms with Gasteiger partial charge in [-0.05, 0) is 48.9 Å². The first-order valence-electron chi connectivity index (χ1n) is 8.01. The van der Waals surface area contributed by atoms with E-state index in [1.54, 1.807) is 17.4 Å². The number of nitrogens with zero attached hydrogens (tertiary/aromatic N) is 1. The smallest absolute Gasteiger partial charge is 0.191 e. The molecule has 3 nitrogen and oxygen atoms in total. The maximum atomic E-state index is 13.8. The Morgan fingerprint density at radius 2 is 2.12 bits per heavy atom. The molecule has 130 valence electrons. The Morgan fingerprint density at radius 1 is 1.33 bits per heavy atom. The molecular formula is C18H23FIN3S. The van der Waals surface area contributed by atoms with Gasteiger partial charge in [0.2, 0.25) is 0 Å². The summed E-state index contributed by atoms with van der Waals surface area (Å²) in [4.78, 5) is 5.94. The van der Waals surface area contributed by atoms with E-state index in [4.69, 9.17) is 0 Å². The number of aliphatic imine (C=N–C) groups is 1. The van der Waals surface area contributed by atoms with Crippen LogP contribution in [0.4, 0.5) is 4.39 Å². The largest absolute Gasteiger partial charge is 0.357 e. The third kappa shape index (κ3) is 4.69. The summed E-state index contributed by atoms with van der Waals surface area (Å²) in [6.45, 7) is 5.65. The number of aryl methyl sites for hydroxylation is 1. The van der Waals surface area contributed by atoms with Gasteiger partial charge in [-0.1, -0.05) is 18.2 Å². The van der Waals surface area contributed by atoms with E-state index in [1.165, 1.54) is 16.5 Å². The molecule has 0 bridgehead atoms. The van der Waals surface area contributed by atoms with Crippen LogP contribution >= 0.6 is 35.3 Å². The van der Waals surface area contributed by atoms with E-state index in [0.717, 1.165) is 24.5 Å². The van der Waals surface area contributed by atoms with Crippen molar-refractivity contribution in [2.75, 3.05) is 6.54 Å². The van der Waals surface area contributed by atoms with Gasteiger partial charge in [-0.25, -0.2) is 9.38 Å². The van der Waals surface area contributed by atoms with Crippen molar-refractivity contribution in [3.8, 4) is 0 Å². The lowest BCUT2D eigenvalue weighted by molar-refractivity contribution is 0.607. The number of hydrogen-bond acceptors (Lipinski definition) is 2. The highest BCUT2D eigenvalue weighted by Gasteiger charge is 2.40. The van der Waals surface area contributed by atoms with Crippen LogP contribution in [0.1, 0.15) is 35.3 Å². The second-order valence-corrected chi connectivity index (χ2v) is 6.84. The fourth-order valence-corrected chi connectivity index (χ4v) is 3.52. The lowest BCUT2D eigenvalue weighted by Gasteiger charge is -2.11. The van der Waals surface area contributed by atoms with Crippen molar-refractivity contribution in [3.05, 3.63) is 57.5 Å². The molecule has 1 aliphatic carbocycles. The molecule has 1 aromatic carbocycles. The van der Waals surface area contributed by atoms with Crippen molar-refractivity contribution in [1.29, 1.82) is 0 Å². The van der Waals surface area contributed by atoms with Crippen LogP contribution in [-0.2, 0) is 6.54 Å². The molecule has 1 aliphatic rings. The number of benzene rings is 1. The fraction of sp³-hybridized carbons (Fsp3) is 0.389. The fourth-order valence-electron chi connectivity index (χ4n) is 2.69. The first-order chi connectivity index (χ1) is 11.2. The van der Waals surface area contributed by atoms with E-state index in [-0.39, 0.29) is 41.8 Å². The quantitative estimate of drug-likeness (QED) is 0.395. The first kappa shape index (κ1) is 19.2. The second kappa shape index (κ2) is 8.80. The molecule has 0 radical (unpaired) electrons. The van der Waals surface area contributed by atoms with Crippen molar-refractivity contribution in [1.82, 2.24) is 10.6 Å². The van der Waals surface area contributed by atoms with Gasteiger partial charge in [0.15, 0.2) is 5.96 Å². The predicted molar refractivity (Wildman–Crippen MR) is 110 cm³/mol. The van der Waals surface area contributed by atoms with Crippen molar-refractivity contribution >= 4 is 41.3 Å². The molecule has 0 saturated heterocycles. The summed E-state index contributed by atoms with van der Waals surface area (Å²) in [5.74, 6) is 0.936. The van der Waals surface area contributed by atoms with Gasteiger partial charge in [-0.2, -0.15) is 0 Å². The zero-order valence-corrected chi connectivity index (χ0v) is 17.0. The zero-order valence-electron chi connectivity index (χ0n) is 13.9. The minimum absolute atomic E-state index is 0. The summed E-state index contributed by atoms with van der Waals surface area (Å²) in [7, 11) is 0. The number of halogens is 2. The minimum atomic E-state index is -0.113. The van der Waals surface area contributed by atoms with Gasteiger partial charge in [0, 0.05) is 23.4 Å². The van der Waals surface area contributed by atoms with Crippen molar-refractivity contribution < 1.29 is 4.39 Å². The van der Waals surface area contributed by atoms with Crippen LogP contribution in [0.25, 0.3) is 0 Å². The number of nitrogens with one attached hydrogen (secondary N) is 2. The Labute approximate surface area is 163 Å². The molecular weight excluding hydrogens is 436 g/mol. The van der Waals surface area contributed by atoms with Crippen LogP contribution in [0.5, 0.6) is 0 Å². The van der Waals surface area contributed by atoms with E-state index >= 15 is 0 Å². The molecule has 1 heterocycles. The van der Waals surface area contributed by atoms with E-state index in [1.807, 2.05) is 12.1 Å². The molecule has 6 heteroatoms. The Balaban J connectivity index is 0.00000208. The van der Waals surface area contributed by atoms with Crippen LogP contribution in [-0.4, -0.2) is 18.5 Å². The van der Waals surface area contributed by atoms with E-state index in [2.05, 4.69) is 40.9 Å². The maximum Gasteiger partial charge on any atom is 0.191 e. The Bertz CT molecular complexity index is 701. The summed E-state index contributed by atoms with van der Waals surface area (Å²) >= 11 is 1.73. The van der Waals surface area contributed by atoms with Gasteiger partial charge in [-0.3, -0.25) is 0 Å². The second-order valence-electron chi connectivity index (χ2n) is 5.84. The molecule has 0 amide bonds. The minimum Gasteiger partial charge on any atom is -0.357 e. The van der Waals surface area contributed by atoms with Gasteiger partial charge in [0.25, 0.3) is 0 Å². The SMILES string of the molecule is CCNC(=NCc1sccc1C)NC1CC1c1ccccc1F.I. The van der Waals surface area contributed by atoms with Gasteiger partial charge in [-0.15, -0.1) is 35.3 Å². The van der Waals surface area contributed by atoms with Crippen molar-refractivity contribution in [2.24, 2.45) is 4.99 Å². The average Bonchev–Trinajstić information content (AvgIpc) is 3.17. The van der Waals surface area contributed by atoms with E-state index < -0.39 is 0 Å². The lowest BCUT2D eigenvalue weighted by atomic mass is 10.1. The van der Waals surface area contributed by atoms with Crippen LogP contribution in [0.3, 0.4) is 0 Å². The van der Waals surface area contributed by atoms with Crippen LogP contribution < -0.4 is 10.6 Å². The highest BCUT2D eigenvalue weighted by Crippen LogP contribution is 2.41. The number of rotatable bonds is 5. The standard InChI is InChI=1S/C18H22FN3S.HI/c1-3-20-18(21-11-17-12(2)8-9-23-17)22-16-10-14(16)13-6-4-5-7-15(13)19;/h4-9,14,16H,3,10-11H2,1-2H3,(H2,20,21,22);1H. The van der Waals surface area contributed by atoms with Crippen LogP contribution in [0, 0.1) is 12.7 Å². The molecule has 2 N–H and O–H groups in total. The Hall–Kier alpha value is -1.15. The Morgan fingerprint density at radius 3 is 2.79 bits per heavy atom. The summed E-state index contributed by atoms with van der Waals surface area (Å²) in [6, 6.07) is 9.41.